The number of aryl methyl sites for hydroxylation is 1. The topological polar surface area (TPSA) is 20.2 Å². The molecule has 2 aromatic carbocycles. The van der Waals surface area contributed by atoms with Crippen LogP contribution in [-0.4, -0.2) is 11.7 Å². The molecule has 0 fully saturated rings. The number of aliphatic hydroxyl groups is 1. The molecule has 1 atom stereocenters. The number of aliphatic hydroxyl groups excluding tert-OH is 1. The van der Waals surface area contributed by atoms with E-state index in [1.165, 1.54) is 24.3 Å². The van der Waals surface area contributed by atoms with E-state index in [9.17, 15) is 13.9 Å². The molecule has 0 heterocycles. The molecular formula is C17H18F2O. The van der Waals surface area contributed by atoms with E-state index in [2.05, 4.69) is 0 Å². The number of halogens is 2. The molecule has 0 aliphatic carbocycles. The minimum absolute atomic E-state index is 0.000890. The zero-order valence-corrected chi connectivity index (χ0v) is 11.4. The van der Waals surface area contributed by atoms with E-state index in [1.54, 1.807) is 18.2 Å². The predicted octanol–water partition coefficient (Wildman–Crippen LogP) is 3.67. The van der Waals surface area contributed by atoms with E-state index in [-0.39, 0.29) is 24.2 Å². The van der Waals surface area contributed by atoms with Gasteiger partial charge >= 0.3 is 0 Å². The van der Waals surface area contributed by atoms with Crippen LogP contribution in [0.5, 0.6) is 0 Å². The smallest absolute Gasteiger partial charge is 0.123 e. The fraction of sp³-hybridized carbons (Fsp3) is 0.294. The highest BCUT2D eigenvalue weighted by Crippen LogP contribution is 2.18. The van der Waals surface area contributed by atoms with Crippen LogP contribution in [0.3, 0.4) is 0 Å². The zero-order chi connectivity index (χ0) is 14.5. The standard InChI is InChI=1S/C17H18F2O/c1-12-2-5-17(19)10-15(12)9-14(11-20)8-13-3-6-16(18)7-4-13/h2-7,10,14,20H,8-9,11H2,1H3. The quantitative estimate of drug-likeness (QED) is 0.883. The average Bonchev–Trinajstić information content (AvgIpc) is 2.44. The number of benzene rings is 2. The second-order valence-electron chi connectivity index (χ2n) is 5.15. The molecule has 0 aliphatic rings. The Morgan fingerprint density at radius 2 is 1.60 bits per heavy atom. The Morgan fingerprint density at radius 3 is 2.25 bits per heavy atom. The number of rotatable bonds is 5. The van der Waals surface area contributed by atoms with Gasteiger partial charge < -0.3 is 5.11 Å². The Kier molecular flexibility index (Phi) is 4.85. The molecule has 1 N–H and O–H groups in total. The van der Waals surface area contributed by atoms with Crippen molar-refractivity contribution in [1.82, 2.24) is 0 Å². The highest BCUT2D eigenvalue weighted by atomic mass is 19.1. The summed E-state index contributed by atoms with van der Waals surface area (Å²) in [6.45, 7) is 1.95. The Bertz CT molecular complexity index is 564. The molecule has 1 unspecified atom stereocenters. The monoisotopic (exact) mass is 276 g/mol. The first-order chi connectivity index (χ1) is 9.58. The normalized spacial score (nSPS) is 12.4. The molecule has 0 saturated carbocycles. The van der Waals surface area contributed by atoms with Crippen molar-refractivity contribution in [2.45, 2.75) is 19.8 Å². The van der Waals surface area contributed by atoms with Gasteiger partial charge in [0, 0.05) is 6.61 Å². The predicted molar refractivity (Wildman–Crippen MR) is 75.5 cm³/mol. The maximum absolute atomic E-state index is 13.3. The molecule has 0 bridgehead atoms. The van der Waals surface area contributed by atoms with Crippen LogP contribution in [0.25, 0.3) is 0 Å². The average molecular weight is 276 g/mol. The molecule has 0 spiro atoms. The molecule has 0 aliphatic heterocycles. The lowest BCUT2D eigenvalue weighted by atomic mass is 9.91. The Labute approximate surface area is 117 Å². The van der Waals surface area contributed by atoms with Crippen LogP contribution >= 0.6 is 0 Å². The van der Waals surface area contributed by atoms with Crippen molar-refractivity contribution in [2.24, 2.45) is 5.92 Å². The van der Waals surface area contributed by atoms with Gasteiger partial charge in [0.05, 0.1) is 0 Å². The van der Waals surface area contributed by atoms with Gasteiger partial charge in [-0.05, 0) is 66.6 Å². The molecule has 0 saturated heterocycles. The molecular weight excluding hydrogens is 258 g/mol. The third kappa shape index (κ3) is 3.87. The lowest BCUT2D eigenvalue weighted by Crippen LogP contribution is -2.14. The third-order valence-corrected chi connectivity index (χ3v) is 3.52. The van der Waals surface area contributed by atoms with E-state index >= 15 is 0 Å². The van der Waals surface area contributed by atoms with Crippen molar-refractivity contribution in [3.8, 4) is 0 Å². The summed E-state index contributed by atoms with van der Waals surface area (Å²) in [5.41, 5.74) is 2.90. The first-order valence-electron chi connectivity index (χ1n) is 6.69. The lowest BCUT2D eigenvalue weighted by Gasteiger charge is -2.16. The van der Waals surface area contributed by atoms with Crippen LogP contribution in [0, 0.1) is 24.5 Å². The van der Waals surface area contributed by atoms with Gasteiger partial charge in [0.1, 0.15) is 11.6 Å². The Hall–Kier alpha value is -1.74. The summed E-state index contributed by atoms with van der Waals surface area (Å²) < 4.78 is 26.1. The van der Waals surface area contributed by atoms with Crippen LogP contribution in [-0.2, 0) is 12.8 Å². The molecule has 0 aromatic heterocycles. The molecule has 3 heteroatoms. The van der Waals surface area contributed by atoms with Gasteiger partial charge in [-0.2, -0.15) is 0 Å². The fourth-order valence-corrected chi connectivity index (χ4v) is 2.33. The highest BCUT2D eigenvalue weighted by Gasteiger charge is 2.12. The molecule has 1 nitrogen and oxygen atoms in total. The molecule has 20 heavy (non-hydrogen) atoms. The fourth-order valence-electron chi connectivity index (χ4n) is 2.33. The van der Waals surface area contributed by atoms with Crippen LogP contribution in [0.4, 0.5) is 8.78 Å². The first-order valence-corrected chi connectivity index (χ1v) is 6.69. The minimum atomic E-state index is -0.268. The molecule has 0 radical (unpaired) electrons. The van der Waals surface area contributed by atoms with Gasteiger partial charge in [-0.1, -0.05) is 18.2 Å². The minimum Gasteiger partial charge on any atom is -0.396 e. The van der Waals surface area contributed by atoms with E-state index in [1.807, 2.05) is 6.92 Å². The van der Waals surface area contributed by atoms with Crippen molar-refractivity contribution in [2.75, 3.05) is 6.61 Å². The second kappa shape index (κ2) is 6.62. The number of hydrogen-bond donors (Lipinski definition) is 1. The van der Waals surface area contributed by atoms with E-state index in [0.717, 1.165) is 16.7 Å². The lowest BCUT2D eigenvalue weighted by molar-refractivity contribution is 0.224. The Balaban J connectivity index is 2.08. The van der Waals surface area contributed by atoms with Crippen LogP contribution in [0.15, 0.2) is 42.5 Å². The van der Waals surface area contributed by atoms with E-state index in [4.69, 9.17) is 0 Å². The van der Waals surface area contributed by atoms with Gasteiger partial charge in [0.15, 0.2) is 0 Å². The number of hydrogen-bond acceptors (Lipinski definition) is 1. The van der Waals surface area contributed by atoms with Gasteiger partial charge in [0.25, 0.3) is 0 Å². The van der Waals surface area contributed by atoms with E-state index < -0.39 is 0 Å². The van der Waals surface area contributed by atoms with Crippen LogP contribution in [0.2, 0.25) is 0 Å². The largest absolute Gasteiger partial charge is 0.396 e. The zero-order valence-electron chi connectivity index (χ0n) is 11.4. The summed E-state index contributed by atoms with van der Waals surface area (Å²) in [7, 11) is 0. The molecule has 2 rings (SSSR count). The summed E-state index contributed by atoms with van der Waals surface area (Å²) in [5, 5.41) is 9.50. The molecule has 2 aromatic rings. The maximum Gasteiger partial charge on any atom is 0.123 e. The maximum atomic E-state index is 13.3. The van der Waals surface area contributed by atoms with Gasteiger partial charge in [-0.15, -0.1) is 0 Å². The van der Waals surface area contributed by atoms with Gasteiger partial charge in [-0.25, -0.2) is 8.78 Å². The molecule has 0 amide bonds. The van der Waals surface area contributed by atoms with Crippen LogP contribution < -0.4 is 0 Å². The summed E-state index contributed by atoms with van der Waals surface area (Å²) >= 11 is 0. The van der Waals surface area contributed by atoms with E-state index in [0.29, 0.717) is 12.8 Å². The van der Waals surface area contributed by atoms with Gasteiger partial charge in [-0.3, -0.25) is 0 Å². The summed E-state index contributed by atoms with van der Waals surface area (Å²) in [4.78, 5) is 0. The second-order valence-corrected chi connectivity index (χ2v) is 5.15. The van der Waals surface area contributed by atoms with Gasteiger partial charge in [0.2, 0.25) is 0 Å². The summed E-state index contributed by atoms with van der Waals surface area (Å²) in [6, 6.07) is 11.0. The van der Waals surface area contributed by atoms with Crippen molar-refractivity contribution < 1.29 is 13.9 Å². The SMILES string of the molecule is Cc1ccc(F)cc1CC(CO)Cc1ccc(F)cc1. The van der Waals surface area contributed by atoms with Crippen LogP contribution in [0.1, 0.15) is 16.7 Å². The van der Waals surface area contributed by atoms with Crippen molar-refractivity contribution in [3.05, 3.63) is 70.8 Å². The highest BCUT2D eigenvalue weighted by molar-refractivity contribution is 5.27. The summed E-state index contributed by atoms with van der Waals surface area (Å²) in [6.07, 6.45) is 1.25. The summed E-state index contributed by atoms with van der Waals surface area (Å²) in [5.74, 6) is -0.527. The van der Waals surface area contributed by atoms with Crippen molar-refractivity contribution >= 4 is 0 Å². The third-order valence-electron chi connectivity index (χ3n) is 3.52. The molecule has 106 valence electrons. The van der Waals surface area contributed by atoms with Crippen molar-refractivity contribution in [3.63, 3.8) is 0 Å². The van der Waals surface area contributed by atoms with Crippen molar-refractivity contribution in [1.29, 1.82) is 0 Å². The first kappa shape index (κ1) is 14.7. The Morgan fingerprint density at radius 1 is 0.950 bits per heavy atom.